The Labute approximate surface area is 240 Å². The van der Waals surface area contributed by atoms with E-state index in [1.54, 1.807) is 29.1 Å². The summed E-state index contributed by atoms with van der Waals surface area (Å²) in [6.45, 7) is 5.33. The minimum Gasteiger partial charge on any atom is -0.371 e. The normalized spacial score (nSPS) is 21.0. The molecule has 4 bridgehead atoms. The molecule has 0 unspecified atom stereocenters. The van der Waals surface area contributed by atoms with Gasteiger partial charge in [-0.2, -0.15) is 5.10 Å². The Balaban J connectivity index is 1.37. The molecule has 7 rings (SSSR count). The van der Waals surface area contributed by atoms with Gasteiger partial charge in [0.2, 0.25) is 0 Å². The Morgan fingerprint density at radius 3 is 2.63 bits per heavy atom. The minimum atomic E-state index is -3.59. The van der Waals surface area contributed by atoms with Crippen molar-refractivity contribution in [2.75, 3.05) is 58.6 Å². The maximum Gasteiger partial charge on any atom is 0.259 e. The van der Waals surface area contributed by atoms with Crippen LogP contribution in [-0.4, -0.2) is 67.8 Å². The number of sulfonamides is 1. The number of nitrogens with one attached hydrogen (secondary N) is 2. The first kappa shape index (κ1) is 27.5. The molecule has 0 saturated carbocycles. The van der Waals surface area contributed by atoms with E-state index in [9.17, 15) is 13.2 Å². The van der Waals surface area contributed by atoms with Gasteiger partial charge in [-0.1, -0.05) is 19.8 Å². The summed E-state index contributed by atoms with van der Waals surface area (Å²) in [7, 11) is -3.59. The quantitative estimate of drug-likeness (QED) is 0.463. The Morgan fingerprint density at radius 2 is 1.85 bits per heavy atom. The Morgan fingerprint density at radius 1 is 1.00 bits per heavy atom. The lowest BCUT2D eigenvalue weighted by Gasteiger charge is -2.41. The van der Waals surface area contributed by atoms with E-state index >= 15 is 0 Å². The Hall–Kier alpha value is -3.64. The SMILES string of the molecule is CC12CCCCCNc3nc(ccc3-n3cccn3)NC(=O)c3ccc(N4CCOCS4(=O)=O)cc3N(CC1)CC2. The number of benzene rings is 1. The van der Waals surface area contributed by atoms with Gasteiger partial charge in [-0.15, -0.1) is 0 Å². The van der Waals surface area contributed by atoms with Gasteiger partial charge in [-0.25, -0.2) is 18.1 Å². The van der Waals surface area contributed by atoms with Crippen molar-refractivity contribution in [1.29, 1.82) is 0 Å². The number of anilines is 4. The van der Waals surface area contributed by atoms with Gasteiger partial charge < -0.3 is 20.3 Å². The summed E-state index contributed by atoms with van der Waals surface area (Å²) in [5.74, 6) is 0.442. The molecule has 2 aromatic heterocycles. The van der Waals surface area contributed by atoms with Crippen LogP contribution in [0.2, 0.25) is 0 Å². The van der Waals surface area contributed by atoms with Crippen molar-refractivity contribution in [2.24, 2.45) is 5.41 Å². The third-order valence-electron chi connectivity index (χ3n) is 8.45. The molecule has 4 aliphatic rings. The van der Waals surface area contributed by atoms with Crippen LogP contribution in [0.5, 0.6) is 0 Å². The summed E-state index contributed by atoms with van der Waals surface area (Å²) >= 11 is 0. The summed E-state index contributed by atoms with van der Waals surface area (Å²) in [5.41, 5.74) is 2.82. The van der Waals surface area contributed by atoms with Crippen molar-refractivity contribution >= 4 is 38.9 Å². The smallest absolute Gasteiger partial charge is 0.259 e. The molecule has 0 spiro atoms. The number of fused-ring (bicyclic) bond motifs is 8. The molecule has 0 aliphatic carbocycles. The van der Waals surface area contributed by atoms with E-state index in [1.165, 1.54) is 4.31 Å². The first-order chi connectivity index (χ1) is 19.8. The first-order valence-corrected chi connectivity index (χ1v) is 16.0. The number of carbonyl (C=O) groups excluding carboxylic acids is 1. The first-order valence-electron chi connectivity index (χ1n) is 14.3. The van der Waals surface area contributed by atoms with E-state index in [0.29, 0.717) is 29.5 Å². The zero-order valence-corrected chi connectivity index (χ0v) is 24.2. The van der Waals surface area contributed by atoms with Crippen LogP contribution in [0.15, 0.2) is 48.8 Å². The predicted molar refractivity (Wildman–Crippen MR) is 159 cm³/mol. The summed E-state index contributed by atoms with van der Waals surface area (Å²) in [6, 6.07) is 10.8. The molecule has 2 fully saturated rings. The largest absolute Gasteiger partial charge is 0.371 e. The van der Waals surface area contributed by atoms with Crippen molar-refractivity contribution in [3.8, 4) is 5.69 Å². The predicted octanol–water partition coefficient (Wildman–Crippen LogP) is 4.24. The van der Waals surface area contributed by atoms with Crippen LogP contribution < -0.4 is 19.8 Å². The third-order valence-corrected chi connectivity index (χ3v) is 9.98. The van der Waals surface area contributed by atoms with Gasteiger partial charge in [0.05, 0.1) is 30.1 Å². The molecule has 4 aliphatic heterocycles. The van der Waals surface area contributed by atoms with E-state index < -0.39 is 10.0 Å². The lowest BCUT2D eigenvalue weighted by atomic mass is 9.76. The summed E-state index contributed by atoms with van der Waals surface area (Å²) in [4.78, 5) is 20.7. The molecule has 1 amide bonds. The van der Waals surface area contributed by atoms with Gasteiger partial charge in [-0.3, -0.25) is 9.10 Å². The van der Waals surface area contributed by atoms with Crippen molar-refractivity contribution in [3.05, 3.63) is 54.4 Å². The molecule has 0 atom stereocenters. The Kier molecular flexibility index (Phi) is 7.60. The summed E-state index contributed by atoms with van der Waals surface area (Å²) in [5, 5.41) is 10.8. The maximum absolute atomic E-state index is 13.8. The fraction of sp³-hybridized carbons (Fsp3) is 0.483. The van der Waals surface area contributed by atoms with Gasteiger partial charge >= 0.3 is 0 Å². The topological polar surface area (TPSA) is 122 Å². The van der Waals surface area contributed by atoms with Crippen LogP contribution in [-0.2, 0) is 14.8 Å². The number of pyridine rings is 1. The highest BCUT2D eigenvalue weighted by molar-refractivity contribution is 7.92. The molecular formula is C29H37N7O4S. The van der Waals surface area contributed by atoms with Crippen LogP contribution in [0, 0.1) is 5.41 Å². The molecule has 2 saturated heterocycles. The number of amides is 1. The zero-order chi connectivity index (χ0) is 28.5. The lowest BCUT2D eigenvalue weighted by molar-refractivity contribution is 0.102. The summed E-state index contributed by atoms with van der Waals surface area (Å²) in [6.07, 6.45) is 10.1. The molecule has 11 nitrogen and oxygen atoms in total. The summed E-state index contributed by atoms with van der Waals surface area (Å²) < 4.78 is 33.9. The van der Waals surface area contributed by atoms with E-state index in [1.807, 2.05) is 24.4 Å². The van der Waals surface area contributed by atoms with Gasteiger partial charge in [0.25, 0.3) is 15.9 Å². The molecule has 12 heteroatoms. The highest BCUT2D eigenvalue weighted by Gasteiger charge is 2.33. The Bertz CT molecular complexity index is 1500. The number of carbonyl (C=O) groups is 1. The second-order valence-electron chi connectivity index (χ2n) is 11.4. The highest BCUT2D eigenvalue weighted by atomic mass is 32.2. The van der Waals surface area contributed by atoms with Crippen LogP contribution in [0.4, 0.5) is 23.0 Å². The van der Waals surface area contributed by atoms with Crippen molar-refractivity contribution in [1.82, 2.24) is 14.8 Å². The van der Waals surface area contributed by atoms with Crippen LogP contribution >= 0.6 is 0 Å². The van der Waals surface area contributed by atoms with Crippen LogP contribution in [0.3, 0.4) is 0 Å². The fourth-order valence-corrected chi connectivity index (χ4v) is 7.21. The van der Waals surface area contributed by atoms with Crippen molar-refractivity contribution in [2.45, 2.75) is 45.4 Å². The molecule has 0 radical (unpaired) electrons. The lowest BCUT2D eigenvalue weighted by Crippen LogP contribution is -2.42. The average molecular weight is 580 g/mol. The second-order valence-corrected chi connectivity index (χ2v) is 13.3. The fourth-order valence-electron chi connectivity index (χ4n) is 5.96. The molecule has 218 valence electrons. The number of nitrogens with zero attached hydrogens (tertiary/aromatic N) is 5. The van der Waals surface area contributed by atoms with E-state index in [4.69, 9.17) is 9.72 Å². The number of piperidine rings is 1. The number of aromatic nitrogens is 3. The van der Waals surface area contributed by atoms with E-state index in [2.05, 4.69) is 27.6 Å². The second kappa shape index (κ2) is 11.3. The minimum absolute atomic E-state index is 0.243. The highest BCUT2D eigenvalue weighted by Crippen LogP contribution is 2.39. The third kappa shape index (κ3) is 5.89. The van der Waals surface area contributed by atoms with Crippen LogP contribution in [0.25, 0.3) is 5.69 Å². The zero-order valence-electron chi connectivity index (χ0n) is 23.4. The molecule has 6 heterocycles. The van der Waals surface area contributed by atoms with Crippen LogP contribution in [0.1, 0.15) is 55.8 Å². The molecular weight excluding hydrogens is 542 g/mol. The van der Waals surface area contributed by atoms with Gasteiger partial charge in [0.1, 0.15) is 11.5 Å². The maximum atomic E-state index is 13.8. The molecule has 1 aromatic carbocycles. The monoisotopic (exact) mass is 579 g/mol. The number of hydrogen-bond acceptors (Lipinski definition) is 8. The van der Waals surface area contributed by atoms with Gasteiger partial charge in [0, 0.05) is 32.0 Å². The number of hydrogen-bond donors (Lipinski definition) is 2. The number of ether oxygens (including phenoxy) is 1. The molecule has 41 heavy (non-hydrogen) atoms. The molecule has 2 N–H and O–H groups in total. The van der Waals surface area contributed by atoms with Crippen molar-refractivity contribution < 1.29 is 17.9 Å². The molecule has 3 aromatic rings. The van der Waals surface area contributed by atoms with Gasteiger partial charge in [-0.05, 0) is 67.5 Å². The van der Waals surface area contributed by atoms with Crippen molar-refractivity contribution in [3.63, 3.8) is 0 Å². The van der Waals surface area contributed by atoms with E-state index in [0.717, 1.165) is 69.5 Å². The average Bonchev–Trinajstić information content (AvgIpc) is 3.49. The van der Waals surface area contributed by atoms with E-state index in [-0.39, 0.29) is 23.8 Å². The van der Waals surface area contributed by atoms with Gasteiger partial charge in [0.15, 0.2) is 11.8 Å². The number of rotatable bonds is 2. The standard InChI is InChI=1S/C29H37N7O4S/c1-29-10-3-2-4-13-30-27-24(35-15-5-14-31-35)8-9-26(32-27)33-28(37)23-7-6-22(36-18-19-40-21-41(36,38)39)20-25(23)34(16-11-29)17-12-29/h5-9,14-15,20H,2-4,10-13,16-19,21H2,1H3,(H2,30,32,33,37).